The lowest BCUT2D eigenvalue weighted by atomic mass is 10.0. The van der Waals surface area contributed by atoms with Crippen molar-refractivity contribution >= 4 is 28.8 Å². The zero-order chi connectivity index (χ0) is 22.7. The molecule has 0 bridgehead atoms. The predicted molar refractivity (Wildman–Crippen MR) is 119 cm³/mol. The Labute approximate surface area is 186 Å². The molecule has 0 saturated carbocycles. The van der Waals surface area contributed by atoms with Gasteiger partial charge in [-0.3, -0.25) is 9.59 Å². The number of amides is 2. The Hall–Kier alpha value is -3.68. The molecule has 0 spiro atoms. The summed E-state index contributed by atoms with van der Waals surface area (Å²) in [6.07, 6.45) is 0.919. The maximum Gasteiger partial charge on any atom is 0.328 e. The van der Waals surface area contributed by atoms with Crippen molar-refractivity contribution in [1.29, 1.82) is 0 Å². The van der Waals surface area contributed by atoms with Crippen LogP contribution in [0.4, 0.5) is 0 Å². The minimum Gasteiger partial charge on any atom is -0.467 e. The molecule has 2 N–H and O–H groups in total. The number of nitrogens with zero attached hydrogens (tertiary/aromatic N) is 2. The van der Waals surface area contributed by atoms with E-state index in [0.29, 0.717) is 31.5 Å². The predicted octanol–water partition coefficient (Wildman–Crippen LogP) is 1.92. The average Bonchev–Trinajstić information content (AvgIpc) is 3.05. The Morgan fingerprint density at radius 3 is 2.75 bits per heavy atom. The van der Waals surface area contributed by atoms with Crippen LogP contribution in [0.2, 0.25) is 0 Å². The molecule has 2 amide bonds. The normalized spacial score (nSPS) is 13.9. The van der Waals surface area contributed by atoms with E-state index in [-0.39, 0.29) is 18.2 Å². The highest BCUT2D eigenvalue weighted by molar-refractivity contribution is 6.05. The highest BCUT2D eigenvalue weighted by Gasteiger charge is 2.24. The Balaban J connectivity index is 1.46. The number of nitrogens with one attached hydrogen (secondary N) is 2. The van der Waals surface area contributed by atoms with Crippen molar-refractivity contribution in [3.63, 3.8) is 0 Å². The van der Waals surface area contributed by atoms with Crippen molar-refractivity contribution in [2.45, 2.75) is 38.8 Å². The summed E-state index contributed by atoms with van der Waals surface area (Å²) >= 11 is 0. The van der Waals surface area contributed by atoms with Crippen LogP contribution >= 0.6 is 0 Å². The molecule has 4 rings (SSSR count). The van der Waals surface area contributed by atoms with Gasteiger partial charge in [0.05, 0.1) is 23.7 Å². The van der Waals surface area contributed by atoms with Crippen molar-refractivity contribution in [3.8, 4) is 0 Å². The van der Waals surface area contributed by atoms with E-state index in [0.717, 1.165) is 28.0 Å². The molecule has 1 atom stereocenters. The summed E-state index contributed by atoms with van der Waals surface area (Å²) in [5.41, 5.74) is 4.19. The Morgan fingerprint density at radius 2 is 2.00 bits per heavy atom. The molecule has 0 fully saturated rings. The number of methoxy groups -OCH3 is 1. The summed E-state index contributed by atoms with van der Waals surface area (Å²) in [5, 5.41) is 5.68. The van der Waals surface area contributed by atoms with Gasteiger partial charge in [-0.05, 0) is 24.6 Å². The summed E-state index contributed by atoms with van der Waals surface area (Å²) in [7, 11) is 1.31. The van der Waals surface area contributed by atoms with Crippen molar-refractivity contribution in [2.24, 2.45) is 0 Å². The number of benzene rings is 2. The summed E-state index contributed by atoms with van der Waals surface area (Å²) in [4.78, 5) is 41.9. The second-order valence-corrected chi connectivity index (χ2v) is 7.94. The van der Waals surface area contributed by atoms with E-state index in [1.165, 1.54) is 7.11 Å². The highest BCUT2D eigenvalue weighted by atomic mass is 16.5. The molecule has 1 aromatic heterocycles. The standard InChI is InChI=1S/C24H26N4O4/c1-15-6-8-16(9-7-15)14-19(24(31)32-2)27-21(29)11-10-20-26-18-5-3-4-17-22(18)28(20)13-12-25-23(17)30/h3-9,19H,10-14H2,1-2H3,(H,25,30)(H,27,29). The van der Waals surface area contributed by atoms with Crippen molar-refractivity contribution in [2.75, 3.05) is 13.7 Å². The molecule has 1 aliphatic rings. The van der Waals surface area contributed by atoms with E-state index < -0.39 is 12.0 Å². The molecule has 166 valence electrons. The van der Waals surface area contributed by atoms with Crippen molar-refractivity contribution in [3.05, 3.63) is 65.0 Å². The number of rotatable bonds is 7. The highest BCUT2D eigenvalue weighted by Crippen LogP contribution is 2.23. The van der Waals surface area contributed by atoms with Gasteiger partial charge in [0.15, 0.2) is 0 Å². The van der Waals surface area contributed by atoms with Gasteiger partial charge in [0.1, 0.15) is 11.9 Å². The maximum atomic E-state index is 12.7. The van der Waals surface area contributed by atoms with E-state index in [4.69, 9.17) is 4.74 Å². The van der Waals surface area contributed by atoms with Crippen LogP contribution < -0.4 is 10.6 Å². The Kier molecular flexibility index (Phi) is 6.20. The number of carbonyl (C=O) groups is 3. The topological polar surface area (TPSA) is 102 Å². The minimum atomic E-state index is -0.760. The zero-order valence-electron chi connectivity index (χ0n) is 18.2. The van der Waals surface area contributed by atoms with Crippen LogP contribution in [0.15, 0.2) is 42.5 Å². The molecule has 0 radical (unpaired) electrons. The van der Waals surface area contributed by atoms with Gasteiger partial charge in [0, 0.05) is 32.4 Å². The van der Waals surface area contributed by atoms with E-state index in [1.54, 1.807) is 6.07 Å². The van der Waals surface area contributed by atoms with Crippen molar-refractivity contribution in [1.82, 2.24) is 20.2 Å². The number of hydrogen-bond donors (Lipinski definition) is 2. The van der Waals surface area contributed by atoms with Gasteiger partial charge < -0.3 is 19.9 Å². The van der Waals surface area contributed by atoms with Crippen molar-refractivity contribution < 1.29 is 19.1 Å². The molecule has 8 heteroatoms. The van der Waals surface area contributed by atoms with E-state index in [1.807, 2.05) is 47.9 Å². The summed E-state index contributed by atoms with van der Waals surface area (Å²) in [6.45, 7) is 3.08. The van der Waals surface area contributed by atoms with Crippen LogP contribution in [0.5, 0.6) is 0 Å². The number of esters is 1. The van der Waals surface area contributed by atoms with Gasteiger partial charge in [0.25, 0.3) is 5.91 Å². The molecular formula is C24H26N4O4. The van der Waals surface area contributed by atoms with Gasteiger partial charge >= 0.3 is 5.97 Å². The smallest absolute Gasteiger partial charge is 0.328 e. The Bertz CT molecular complexity index is 1170. The van der Waals surface area contributed by atoms with Crippen LogP contribution in [-0.2, 0) is 33.7 Å². The fourth-order valence-electron chi connectivity index (χ4n) is 4.01. The molecule has 32 heavy (non-hydrogen) atoms. The average molecular weight is 434 g/mol. The number of aryl methyl sites for hydroxylation is 2. The van der Waals surface area contributed by atoms with Gasteiger partial charge in [-0.2, -0.15) is 0 Å². The van der Waals surface area contributed by atoms with E-state index in [9.17, 15) is 14.4 Å². The summed E-state index contributed by atoms with van der Waals surface area (Å²) in [5.74, 6) is -0.107. The first-order valence-corrected chi connectivity index (χ1v) is 10.7. The zero-order valence-corrected chi connectivity index (χ0v) is 18.2. The minimum absolute atomic E-state index is 0.115. The first-order chi connectivity index (χ1) is 15.5. The number of aromatic nitrogens is 2. The molecule has 0 aliphatic carbocycles. The summed E-state index contributed by atoms with van der Waals surface area (Å²) in [6, 6.07) is 12.5. The Morgan fingerprint density at radius 1 is 1.22 bits per heavy atom. The third-order valence-electron chi connectivity index (χ3n) is 5.67. The molecular weight excluding hydrogens is 408 g/mol. The molecule has 8 nitrogen and oxygen atoms in total. The fourth-order valence-corrected chi connectivity index (χ4v) is 4.01. The van der Waals surface area contributed by atoms with Crippen LogP contribution in [0, 0.1) is 6.92 Å². The van der Waals surface area contributed by atoms with E-state index >= 15 is 0 Å². The fraction of sp³-hybridized carbons (Fsp3) is 0.333. The van der Waals surface area contributed by atoms with Crippen LogP contribution in [0.1, 0.15) is 33.7 Å². The van der Waals surface area contributed by atoms with Crippen LogP contribution in [0.25, 0.3) is 11.0 Å². The first-order valence-electron chi connectivity index (χ1n) is 10.7. The molecule has 3 aromatic rings. The van der Waals surface area contributed by atoms with E-state index in [2.05, 4.69) is 15.6 Å². The molecule has 1 aliphatic heterocycles. The molecule has 2 aromatic carbocycles. The molecule has 1 unspecified atom stereocenters. The quantitative estimate of drug-likeness (QED) is 0.553. The second kappa shape index (κ2) is 9.21. The maximum absolute atomic E-state index is 12.7. The van der Waals surface area contributed by atoms with Crippen LogP contribution in [-0.4, -0.2) is 47.0 Å². The lowest BCUT2D eigenvalue weighted by Gasteiger charge is -2.17. The molecule has 2 heterocycles. The number of para-hydroxylation sites is 1. The van der Waals surface area contributed by atoms with Crippen LogP contribution in [0.3, 0.4) is 0 Å². The third-order valence-corrected chi connectivity index (χ3v) is 5.67. The lowest BCUT2D eigenvalue weighted by Crippen LogP contribution is -2.43. The van der Waals surface area contributed by atoms with Gasteiger partial charge in [-0.1, -0.05) is 35.9 Å². The number of hydrogen-bond acceptors (Lipinski definition) is 5. The monoisotopic (exact) mass is 434 g/mol. The SMILES string of the molecule is COC(=O)C(Cc1ccc(C)cc1)NC(=O)CCc1nc2cccc3c2n1CCNC3=O. The lowest BCUT2D eigenvalue weighted by molar-refractivity contribution is -0.145. The van der Waals surface area contributed by atoms with Gasteiger partial charge in [-0.15, -0.1) is 0 Å². The number of imidazole rings is 1. The second-order valence-electron chi connectivity index (χ2n) is 7.94. The largest absolute Gasteiger partial charge is 0.467 e. The summed E-state index contributed by atoms with van der Waals surface area (Å²) < 4.78 is 6.88. The van der Waals surface area contributed by atoms with Gasteiger partial charge in [-0.25, -0.2) is 9.78 Å². The first kappa shape index (κ1) is 21.5. The number of carbonyl (C=O) groups excluding carboxylic acids is 3. The number of ether oxygens (including phenoxy) is 1. The molecule has 0 saturated heterocycles. The van der Waals surface area contributed by atoms with Gasteiger partial charge in [0.2, 0.25) is 5.91 Å². The third kappa shape index (κ3) is 4.49.